The van der Waals surface area contributed by atoms with Crippen LogP contribution in [0.5, 0.6) is 5.75 Å². The first kappa shape index (κ1) is 10.2. The highest BCUT2D eigenvalue weighted by Crippen LogP contribution is 2.29. The van der Waals surface area contributed by atoms with E-state index in [1.54, 1.807) is 6.07 Å². The topological polar surface area (TPSA) is 57.5 Å². The van der Waals surface area contributed by atoms with Crippen molar-refractivity contribution < 1.29 is 15.0 Å². The van der Waals surface area contributed by atoms with Crippen molar-refractivity contribution in [3.63, 3.8) is 0 Å². The van der Waals surface area contributed by atoms with Gasteiger partial charge in [-0.3, -0.25) is 4.79 Å². The molecule has 70 valence electrons. The normalized spacial score (nSPS) is 10.1. The van der Waals surface area contributed by atoms with E-state index in [1.165, 1.54) is 13.0 Å². The zero-order chi connectivity index (χ0) is 10.0. The number of phenols is 1. The average Bonchev–Trinajstić information content (AvgIpc) is 2.09. The third kappa shape index (κ3) is 2.08. The van der Waals surface area contributed by atoms with Gasteiger partial charge in [0.2, 0.25) is 0 Å². The quantitative estimate of drug-likeness (QED) is 0.781. The molecule has 0 bridgehead atoms. The lowest BCUT2D eigenvalue weighted by atomic mass is 10.1. The molecule has 0 atom stereocenters. The third-order valence-electron chi connectivity index (χ3n) is 1.69. The summed E-state index contributed by atoms with van der Waals surface area (Å²) in [5.74, 6) is -0.307. The fraction of sp³-hybridized carbons (Fsp3) is 0.222. The largest absolute Gasteiger partial charge is 0.506 e. The first-order valence-corrected chi connectivity index (χ1v) is 4.48. The Kier molecular flexibility index (Phi) is 3.06. The molecule has 1 aromatic rings. The van der Waals surface area contributed by atoms with Crippen LogP contribution in [0.1, 0.15) is 22.8 Å². The summed E-state index contributed by atoms with van der Waals surface area (Å²) in [6.07, 6.45) is 0. The minimum atomic E-state index is -0.228. The number of carbonyl (C=O) groups is 1. The molecule has 0 heterocycles. The maximum Gasteiger partial charge on any atom is 0.163 e. The van der Waals surface area contributed by atoms with Crippen molar-refractivity contribution in [2.24, 2.45) is 0 Å². The molecule has 1 aromatic carbocycles. The van der Waals surface area contributed by atoms with E-state index in [2.05, 4.69) is 15.9 Å². The first-order chi connectivity index (χ1) is 6.06. The van der Waals surface area contributed by atoms with Crippen LogP contribution in [0.15, 0.2) is 16.6 Å². The van der Waals surface area contributed by atoms with Gasteiger partial charge in [0.05, 0.1) is 16.6 Å². The Labute approximate surface area is 84.1 Å². The molecule has 3 nitrogen and oxygen atoms in total. The molecule has 13 heavy (non-hydrogen) atoms. The van der Waals surface area contributed by atoms with E-state index in [0.29, 0.717) is 10.0 Å². The van der Waals surface area contributed by atoms with Crippen LogP contribution in [0.4, 0.5) is 0 Å². The van der Waals surface area contributed by atoms with E-state index in [1.807, 2.05) is 0 Å². The number of Topliss-reactive ketones (excluding diaryl/α,β-unsaturated/α-hetero) is 1. The number of benzene rings is 1. The van der Waals surface area contributed by atoms with Crippen LogP contribution >= 0.6 is 15.9 Å². The number of hydrogen-bond acceptors (Lipinski definition) is 3. The molecule has 0 aliphatic heterocycles. The number of aliphatic hydroxyl groups excluding tert-OH is 1. The van der Waals surface area contributed by atoms with Crippen LogP contribution in [0.2, 0.25) is 0 Å². The van der Waals surface area contributed by atoms with Crippen LogP contribution in [-0.4, -0.2) is 16.0 Å². The van der Waals surface area contributed by atoms with E-state index >= 15 is 0 Å². The lowest BCUT2D eigenvalue weighted by Crippen LogP contribution is -1.96. The standard InChI is InChI=1S/C9H9BrO3/c1-5(12)7-2-6(4-11)3-8(10)9(7)13/h2-3,11,13H,4H2,1H3. The third-order valence-corrected chi connectivity index (χ3v) is 2.29. The van der Waals surface area contributed by atoms with Crippen molar-refractivity contribution in [3.8, 4) is 5.75 Å². The Morgan fingerprint density at radius 1 is 1.54 bits per heavy atom. The van der Waals surface area contributed by atoms with Gasteiger partial charge in [-0.2, -0.15) is 0 Å². The van der Waals surface area contributed by atoms with Gasteiger partial charge in [0.25, 0.3) is 0 Å². The van der Waals surface area contributed by atoms with Crippen LogP contribution in [0, 0.1) is 0 Å². The second-order valence-corrected chi connectivity index (χ2v) is 3.54. The second-order valence-electron chi connectivity index (χ2n) is 2.69. The molecule has 0 aliphatic carbocycles. The van der Waals surface area contributed by atoms with Gasteiger partial charge >= 0.3 is 0 Å². The highest BCUT2D eigenvalue weighted by atomic mass is 79.9. The fourth-order valence-electron chi connectivity index (χ4n) is 1.01. The van der Waals surface area contributed by atoms with E-state index < -0.39 is 0 Å². The summed E-state index contributed by atoms with van der Waals surface area (Å²) in [5.41, 5.74) is 0.813. The molecule has 0 saturated heterocycles. The molecule has 0 amide bonds. The number of hydrogen-bond donors (Lipinski definition) is 2. The number of ketones is 1. The number of aromatic hydroxyl groups is 1. The van der Waals surface area contributed by atoms with E-state index in [0.717, 1.165) is 0 Å². The molecule has 4 heteroatoms. The summed E-state index contributed by atoms with van der Waals surface area (Å²) < 4.78 is 0.421. The van der Waals surface area contributed by atoms with Gasteiger partial charge in [-0.25, -0.2) is 0 Å². The van der Waals surface area contributed by atoms with Gasteiger partial charge in [-0.15, -0.1) is 0 Å². The monoisotopic (exact) mass is 244 g/mol. The molecular weight excluding hydrogens is 236 g/mol. The number of aliphatic hydroxyl groups is 1. The SMILES string of the molecule is CC(=O)c1cc(CO)cc(Br)c1O. The Bertz CT molecular complexity index is 347. The molecule has 0 aliphatic rings. The van der Waals surface area contributed by atoms with Gasteiger partial charge in [0.15, 0.2) is 5.78 Å². The van der Waals surface area contributed by atoms with Crippen molar-refractivity contribution in [1.29, 1.82) is 0 Å². The van der Waals surface area contributed by atoms with Crippen molar-refractivity contribution >= 4 is 21.7 Å². The molecule has 1 rings (SSSR count). The molecular formula is C9H9BrO3. The zero-order valence-corrected chi connectivity index (χ0v) is 8.63. The van der Waals surface area contributed by atoms with Gasteiger partial charge < -0.3 is 10.2 Å². The molecule has 0 fully saturated rings. The van der Waals surface area contributed by atoms with E-state index in [9.17, 15) is 9.90 Å². The maximum absolute atomic E-state index is 11.0. The van der Waals surface area contributed by atoms with Gasteiger partial charge in [-0.1, -0.05) is 0 Å². The van der Waals surface area contributed by atoms with Crippen molar-refractivity contribution in [2.75, 3.05) is 0 Å². The maximum atomic E-state index is 11.0. The first-order valence-electron chi connectivity index (χ1n) is 3.69. The molecule has 0 saturated carbocycles. The van der Waals surface area contributed by atoms with Crippen molar-refractivity contribution in [3.05, 3.63) is 27.7 Å². The average molecular weight is 245 g/mol. The minimum absolute atomic E-state index is 0.0790. The second kappa shape index (κ2) is 3.89. The number of phenolic OH excluding ortho intramolecular Hbond substituents is 1. The van der Waals surface area contributed by atoms with E-state index in [4.69, 9.17) is 5.11 Å². The van der Waals surface area contributed by atoms with Crippen LogP contribution in [-0.2, 0) is 6.61 Å². The predicted octanol–water partition coefficient (Wildman–Crippen LogP) is 1.85. The summed E-state index contributed by atoms with van der Waals surface area (Å²) >= 11 is 3.09. The lowest BCUT2D eigenvalue weighted by molar-refractivity contribution is 0.101. The van der Waals surface area contributed by atoms with Crippen LogP contribution < -0.4 is 0 Å². The number of carbonyl (C=O) groups excluding carboxylic acids is 1. The van der Waals surface area contributed by atoms with Crippen molar-refractivity contribution in [2.45, 2.75) is 13.5 Å². The number of rotatable bonds is 2. The van der Waals surface area contributed by atoms with Crippen molar-refractivity contribution in [1.82, 2.24) is 0 Å². The smallest absolute Gasteiger partial charge is 0.163 e. The molecule has 0 unspecified atom stereocenters. The minimum Gasteiger partial charge on any atom is -0.506 e. The zero-order valence-electron chi connectivity index (χ0n) is 7.04. The fourth-order valence-corrected chi connectivity index (χ4v) is 1.52. The summed E-state index contributed by atoms with van der Waals surface area (Å²) in [4.78, 5) is 11.0. The Hall–Kier alpha value is -0.870. The molecule has 0 aromatic heterocycles. The Morgan fingerprint density at radius 2 is 2.15 bits per heavy atom. The van der Waals surface area contributed by atoms with Gasteiger partial charge in [0, 0.05) is 0 Å². The Balaban J connectivity index is 3.33. The molecule has 0 spiro atoms. The van der Waals surface area contributed by atoms with Crippen LogP contribution in [0.25, 0.3) is 0 Å². The van der Waals surface area contributed by atoms with E-state index in [-0.39, 0.29) is 23.7 Å². The summed E-state index contributed by atoms with van der Waals surface area (Å²) in [6.45, 7) is 1.21. The van der Waals surface area contributed by atoms with Gasteiger partial charge in [-0.05, 0) is 40.5 Å². The highest BCUT2D eigenvalue weighted by molar-refractivity contribution is 9.10. The predicted molar refractivity (Wildman–Crippen MR) is 51.7 cm³/mol. The highest BCUT2D eigenvalue weighted by Gasteiger charge is 2.11. The Morgan fingerprint density at radius 3 is 2.62 bits per heavy atom. The molecule has 0 radical (unpaired) electrons. The lowest BCUT2D eigenvalue weighted by Gasteiger charge is -2.05. The summed E-state index contributed by atoms with van der Waals surface area (Å²) in [7, 11) is 0. The summed E-state index contributed by atoms with van der Waals surface area (Å²) in [5, 5.41) is 18.3. The molecule has 2 N–H and O–H groups in total. The number of halogens is 1. The summed E-state index contributed by atoms with van der Waals surface area (Å²) in [6, 6.07) is 3.05. The van der Waals surface area contributed by atoms with Crippen LogP contribution in [0.3, 0.4) is 0 Å². The van der Waals surface area contributed by atoms with Gasteiger partial charge in [0.1, 0.15) is 5.75 Å².